The molecule has 2 nitrogen and oxygen atoms in total. The van der Waals surface area contributed by atoms with E-state index in [1.165, 1.54) is 0 Å². The molecule has 6 heteroatoms. The van der Waals surface area contributed by atoms with E-state index in [2.05, 4.69) is 28.2 Å². The van der Waals surface area contributed by atoms with Gasteiger partial charge in [-0.2, -0.15) is 13.2 Å². The number of nitrogens with zero attached hydrogens (tertiary/aromatic N) is 1. The summed E-state index contributed by atoms with van der Waals surface area (Å²) in [7, 11) is 1.67. The molecule has 0 bridgehead atoms. The second kappa shape index (κ2) is 7.31. The normalized spacial score (nSPS) is 13.3. The molecule has 0 aliphatic heterocycles. The van der Waals surface area contributed by atoms with Crippen LogP contribution in [0.4, 0.5) is 18.9 Å². The molecule has 1 N–H and O–H groups in total. The van der Waals surface area contributed by atoms with Crippen molar-refractivity contribution >= 4 is 21.6 Å². The van der Waals surface area contributed by atoms with Crippen LogP contribution in [-0.4, -0.2) is 26.3 Å². The summed E-state index contributed by atoms with van der Waals surface area (Å²) in [4.78, 5) is 1.61. The Morgan fingerprint density at radius 1 is 1.35 bits per heavy atom. The lowest BCUT2D eigenvalue weighted by Crippen LogP contribution is -2.24. The van der Waals surface area contributed by atoms with Crippen LogP contribution in [0.1, 0.15) is 31.9 Å². The number of hydrogen-bond donors (Lipinski definition) is 1. The molecule has 0 saturated heterocycles. The maximum absolute atomic E-state index is 12.2. The molecule has 0 fully saturated rings. The van der Waals surface area contributed by atoms with Gasteiger partial charge in [0.15, 0.2) is 0 Å². The zero-order valence-corrected chi connectivity index (χ0v) is 13.5. The van der Waals surface area contributed by atoms with Gasteiger partial charge in [0.25, 0.3) is 0 Å². The molecule has 0 aliphatic carbocycles. The molecule has 1 rings (SSSR count). The molecular weight excluding hydrogens is 333 g/mol. The number of hydrogen-bond acceptors (Lipinski definition) is 2. The summed E-state index contributed by atoms with van der Waals surface area (Å²) in [5.41, 5.74) is 1.87. The molecule has 1 atom stereocenters. The Balaban J connectivity index is 2.76. The molecular formula is C14H20BrF3N2. The number of halogens is 4. The lowest BCUT2D eigenvalue weighted by atomic mass is 10.1. The Bertz CT molecular complexity index is 435. The predicted octanol–water partition coefficient (Wildman–Crippen LogP) is 4.51. The van der Waals surface area contributed by atoms with Gasteiger partial charge >= 0.3 is 6.18 Å². The lowest BCUT2D eigenvalue weighted by molar-refractivity contribution is -0.132. The van der Waals surface area contributed by atoms with Crippen molar-refractivity contribution in [2.24, 2.45) is 0 Å². The van der Waals surface area contributed by atoms with E-state index in [4.69, 9.17) is 0 Å². The van der Waals surface area contributed by atoms with Gasteiger partial charge in [-0.15, -0.1) is 0 Å². The zero-order chi connectivity index (χ0) is 15.3. The fourth-order valence-electron chi connectivity index (χ4n) is 1.94. The summed E-state index contributed by atoms with van der Waals surface area (Å²) < 4.78 is 37.6. The molecule has 0 radical (unpaired) electrons. The minimum absolute atomic E-state index is 0.0436. The second-order valence-corrected chi connectivity index (χ2v) is 5.63. The third-order valence-electron chi connectivity index (χ3n) is 3.13. The Hall–Kier alpha value is -0.750. The Morgan fingerprint density at radius 2 is 2.00 bits per heavy atom. The first-order chi connectivity index (χ1) is 9.24. The molecule has 0 spiro atoms. The van der Waals surface area contributed by atoms with Crippen molar-refractivity contribution in [2.45, 2.75) is 32.5 Å². The highest BCUT2D eigenvalue weighted by Crippen LogP contribution is 2.29. The van der Waals surface area contributed by atoms with Gasteiger partial charge in [0.2, 0.25) is 0 Å². The van der Waals surface area contributed by atoms with Crippen molar-refractivity contribution in [1.82, 2.24) is 5.32 Å². The van der Waals surface area contributed by atoms with E-state index in [-0.39, 0.29) is 12.6 Å². The quantitative estimate of drug-likeness (QED) is 0.810. The Morgan fingerprint density at radius 3 is 2.50 bits per heavy atom. The second-order valence-electron chi connectivity index (χ2n) is 4.77. The highest BCUT2D eigenvalue weighted by atomic mass is 79.9. The average Bonchev–Trinajstić information content (AvgIpc) is 2.35. The topological polar surface area (TPSA) is 15.3 Å². The van der Waals surface area contributed by atoms with Crippen molar-refractivity contribution in [3.8, 4) is 0 Å². The van der Waals surface area contributed by atoms with Crippen LogP contribution in [0, 0.1) is 0 Å². The van der Waals surface area contributed by atoms with Gasteiger partial charge in [-0.3, -0.25) is 0 Å². The van der Waals surface area contributed by atoms with E-state index in [0.717, 1.165) is 22.3 Å². The van der Waals surface area contributed by atoms with E-state index >= 15 is 0 Å². The molecule has 1 unspecified atom stereocenters. The molecule has 0 aromatic heterocycles. The van der Waals surface area contributed by atoms with Crippen LogP contribution in [0.5, 0.6) is 0 Å². The fourth-order valence-corrected chi connectivity index (χ4v) is 2.65. The van der Waals surface area contributed by atoms with Crippen molar-refractivity contribution in [1.29, 1.82) is 0 Å². The van der Waals surface area contributed by atoms with E-state index in [0.29, 0.717) is 0 Å². The van der Waals surface area contributed by atoms with Crippen molar-refractivity contribution in [3.63, 3.8) is 0 Å². The third kappa shape index (κ3) is 5.32. The lowest BCUT2D eigenvalue weighted by Gasteiger charge is -2.22. The zero-order valence-electron chi connectivity index (χ0n) is 11.9. The van der Waals surface area contributed by atoms with Crippen molar-refractivity contribution in [3.05, 3.63) is 28.2 Å². The molecule has 0 aliphatic rings. The van der Waals surface area contributed by atoms with Crippen LogP contribution < -0.4 is 10.2 Å². The minimum atomic E-state index is -4.12. The summed E-state index contributed by atoms with van der Waals surface area (Å²) in [6.07, 6.45) is -4.93. The molecule has 20 heavy (non-hydrogen) atoms. The highest BCUT2D eigenvalue weighted by Gasteiger charge is 2.27. The summed E-state index contributed by atoms with van der Waals surface area (Å²) in [5, 5.41) is 3.30. The van der Waals surface area contributed by atoms with Crippen LogP contribution in [0.2, 0.25) is 0 Å². The van der Waals surface area contributed by atoms with Crippen LogP contribution in [0.3, 0.4) is 0 Å². The van der Waals surface area contributed by atoms with Crippen LogP contribution >= 0.6 is 15.9 Å². The first-order valence-electron chi connectivity index (χ1n) is 6.55. The first-order valence-corrected chi connectivity index (χ1v) is 7.34. The molecule has 0 saturated carbocycles. The van der Waals surface area contributed by atoms with Gasteiger partial charge in [0.05, 0.1) is 6.42 Å². The highest BCUT2D eigenvalue weighted by molar-refractivity contribution is 9.10. The summed E-state index contributed by atoms with van der Waals surface area (Å²) in [6, 6.07) is 5.85. The van der Waals surface area contributed by atoms with E-state index < -0.39 is 12.6 Å². The number of benzene rings is 1. The molecule has 114 valence electrons. The van der Waals surface area contributed by atoms with E-state index in [9.17, 15) is 13.2 Å². The maximum atomic E-state index is 12.2. The standard InChI is InChI=1S/C14H20BrF3N2/c1-4-19-10(2)12-6-5-11(9-13(12)15)20(3)8-7-14(16,17)18/h5-6,9-10,19H,4,7-8H2,1-3H3. The van der Waals surface area contributed by atoms with Gasteiger partial charge < -0.3 is 10.2 Å². The van der Waals surface area contributed by atoms with Crippen LogP contribution in [0.25, 0.3) is 0 Å². The van der Waals surface area contributed by atoms with Crippen LogP contribution in [-0.2, 0) is 0 Å². The third-order valence-corrected chi connectivity index (χ3v) is 3.82. The van der Waals surface area contributed by atoms with E-state index in [1.807, 2.05) is 25.1 Å². The van der Waals surface area contributed by atoms with Crippen LogP contribution in [0.15, 0.2) is 22.7 Å². The minimum Gasteiger partial charge on any atom is -0.374 e. The van der Waals surface area contributed by atoms with Gasteiger partial charge in [0, 0.05) is 29.8 Å². The maximum Gasteiger partial charge on any atom is 0.390 e. The smallest absolute Gasteiger partial charge is 0.374 e. The molecule has 0 amide bonds. The summed E-state index contributed by atoms with van der Waals surface area (Å²) in [5.74, 6) is 0. The monoisotopic (exact) mass is 352 g/mol. The van der Waals surface area contributed by atoms with E-state index in [1.54, 1.807) is 11.9 Å². The SMILES string of the molecule is CCNC(C)c1ccc(N(C)CCC(F)(F)F)cc1Br. The Labute approximate surface area is 126 Å². The van der Waals surface area contributed by atoms with Gasteiger partial charge in [-0.25, -0.2) is 0 Å². The summed E-state index contributed by atoms with van der Waals surface area (Å²) >= 11 is 3.49. The van der Waals surface area contributed by atoms with Gasteiger partial charge in [-0.05, 0) is 31.2 Å². The number of anilines is 1. The number of nitrogens with one attached hydrogen (secondary N) is 1. The van der Waals surface area contributed by atoms with Gasteiger partial charge in [-0.1, -0.05) is 28.9 Å². The van der Waals surface area contributed by atoms with Crippen molar-refractivity contribution < 1.29 is 13.2 Å². The molecule has 0 heterocycles. The van der Waals surface area contributed by atoms with Crippen molar-refractivity contribution in [2.75, 3.05) is 25.0 Å². The number of rotatable bonds is 6. The molecule has 1 aromatic carbocycles. The largest absolute Gasteiger partial charge is 0.390 e. The number of alkyl halides is 3. The summed E-state index contributed by atoms with van der Waals surface area (Å²) in [6.45, 7) is 4.90. The fraction of sp³-hybridized carbons (Fsp3) is 0.571. The van der Waals surface area contributed by atoms with Gasteiger partial charge in [0.1, 0.15) is 0 Å². The average molecular weight is 353 g/mol. The predicted molar refractivity (Wildman–Crippen MR) is 80.2 cm³/mol. The Kier molecular flexibility index (Phi) is 6.33. The molecule has 1 aromatic rings. The first kappa shape index (κ1) is 17.3.